The van der Waals surface area contributed by atoms with Gasteiger partial charge in [-0.25, -0.2) is 13.9 Å². The van der Waals surface area contributed by atoms with Crippen LogP contribution in [0.2, 0.25) is 0 Å². The highest BCUT2D eigenvalue weighted by molar-refractivity contribution is 5.88. The topological polar surface area (TPSA) is 77.6 Å². The maximum atomic E-state index is 13.3. The molecule has 0 radical (unpaired) electrons. The van der Waals surface area contributed by atoms with Gasteiger partial charge in [-0.1, -0.05) is 18.2 Å². The molecule has 1 aromatic carbocycles. The van der Waals surface area contributed by atoms with Gasteiger partial charge in [-0.3, -0.25) is 9.20 Å². The third kappa shape index (κ3) is 3.80. The third-order valence-corrected chi connectivity index (χ3v) is 5.50. The monoisotopic (exact) mass is 398 g/mol. The molecule has 8 heteroatoms. The average molecular weight is 398 g/mol. The van der Waals surface area contributed by atoms with Gasteiger partial charge < -0.3 is 10.1 Å². The molecule has 0 unspecified atom stereocenters. The fourth-order valence-electron chi connectivity index (χ4n) is 3.85. The predicted molar refractivity (Wildman–Crippen MR) is 105 cm³/mol. The van der Waals surface area contributed by atoms with Crippen molar-refractivity contribution in [1.29, 1.82) is 0 Å². The molecule has 0 aliphatic carbocycles. The van der Waals surface area contributed by atoms with Crippen LogP contribution in [0.4, 0.5) is 4.39 Å². The van der Waals surface area contributed by atoms with E-state index in [1.165, 1.54) is 21.2 Å². The van der Waals surface area contributed by atoms with Gasteiger partial charge in [-0.05, 0) is 49.1 Å². The highest BCUT2D eigenvalue weighted by Gasteiger charge is 2.41. The summed E-state index contributed by atoms with van der Waals surface area (Å²) in [7, 11) is 0. The molecule has 1 saturated heterocycles. The van der Waals surface area contributed by atoms with Gasteiger partial charge in [-0.15, -0.1) is 5.10 Å². The Morgan fingerprint density at radius 1 is 1.17 bits per heavy atom. The van der Waals surface area contributed by atoms with Crippen molar-refractivity contribution in [2.75, 3.05) is 19.8 Å². The van der Waals surface area contributed by atoms with Crippen molar-refractivity contribution in [3.63, 3.8) is 0 Å². The van der Waals surface area contributed by atoms with Gasteiger partial charge in [0.15, 0.2) is 5.65 Å². The lowest BCUT2D eigenvalue weighted by atomic mass is 9.73. The molecule has 29 heavy (non-hydrogen) atoms. The zero-order valence-corrected chi connectivity index (χ0v) is 16.0. The number of ether oxygens (including phenoxy) is 1. The minimum atomic E-state index is -0.716. The summed E-state index contributed by atoms with van der Waals surface area (Å²) in [6, 6.07) is 11.5. The highest BCUT2D eigenvalue weighted by Crippen LogP contribution is 2.35. The number of fused-ring (bicyclic) bond motifs is 1. The lowest BCUT2D eigenvalue weighted by Crippen LogP contribution is -2.48. The minimum absolute atomic E-state index is 0.0882. The van der Waals surface area contributed by atoms with Gasteiger partial charge in [0.05, 0.1) is 5.41 Å². The summed E-state index contributed by atoms with van der Waals surface area (Å²) in [6.07, 6.45) is 3.36. The molecular formula is C21H23FN4O3. The summed E-state index contributed by atoms with van der Waals surface area (Å²) in [5.74, 6) is -0.413. The lowest BCUT2D eigenvalue weighted by molar-refractivity contribution is -0.130. The summed E-state index contributed by atoms with van der Waals surface area (Å²) in [6.45, 7) is 1.80. The van der Waals surface area contributed by atoms with Crippen LogP contribution >= 0.6 is 0 Å². The van der Waals surface area contributed by atoms with Crippen molar-refractivity contribution in [2.45, 2.75) is 31.2 Å². The molecule has 7 nitrogen and oxygen atoms in total. The number of aryl methyl sites for hydroxylation is 1. The van der Waals surface area contributed by atoms with Crippen LogP contribution in [0.5, 0.6) is 0 Å². The zero-order chi connectivity index (χ0) is 20.3. The van der Waals surface area contributed by atoms with E-state index in [0.717, 1.165) is 5.56 Å². The first-order valence-electron chi connectivity index (χ1n) is 9.76. The van der Waals surface area contributed by atoms with Gasteiger partial charge in [0.2, 0.25) is 5.91 Å². The molecule has 3 aromatic rings. The Morgan fingerprint density at radius 3 is 2.66 bits per heavy atom. The molecule has 1 amide bonds. The third-order valence-electron chi connectivity index (χ3n) is 5.50. The van der Waals surface area contributed by atoms with E-state index in [2.05, 4.69) is 10.4 Å². The van der Waals surface area contributed by atoms with Crippen LogP contribution in [0, 0.1) is 5.82 Å². The molecule has 3 heterocycles. The van der Waals surface area contributed by atoms with Crippen LogP contribution in [-0.2, 0) is 21.5 Å². The number of hydrogen-bond acceptors (Lipinski definition) is 4. The van der Waals surface area contributed by atoms with E-state index in [0.29, 0.717) is 51.2 Å². The first-order chi connectivity index (χ1) is 14.1. The number of aromatic nitrogens is 3. The van der Waals surface area contributed by atoms with E-state index in [1.807, 2.05) is 6.07 Å². The van der Waals surface area contributed by atoms with Crippen LogP contribution in [0.25, 0.3) is 5.65 Å². The van der Waals surface area contributed by atoms with Gasteiger partial charge in [0.1, 0.15) is 5.82 Å². The Balaban J connectivity index is 1.41. The smallest absolute Gasteiger partial charge is 0.350 e. The van der Waals surface area contributed by atoms with Crippen LogP contribution in [0.1, 0.15) is 24.8 Å². The second-order valence-corrected chi connectivity index (χ2v) is 7.25. The fraction of sp³-hybridized carbons (Fsp3) is 0.381. The van der Waals surface area contributed by atoms with Crippen molar-refractivity contribution >= 4 is 11.6 Å². The maximum Gasteiger partial charge on any atom is 0.350 e. The summed E-state index contributed by atoms with van der Waals surface area (Å²) in [4.78, 5) is 25.4. The van der Waals surface area contributed by atoms with Gasteiger partial charge in [0, 0.05) is 32.5 Å². The number of halogens is 1. The number of rotatable bonds is 6. The number of carbonyl (C=O) groups excluding carboxylic acids is 1. The Hall–Kier alpha value is -3.00. The Bertz CT molecular complexity index is 1050. The second kappa shape index (κ2) is 8.16. The SMILES string of the molecule is O=C(NCCCn1nc2ccccn2c1=O)C1(c2ccc(F)cc2)CCOCC1. The van der Waals surface area contributed by atoms with Gasteiger partial charge in [-0.2, -0.15) is 0 Å². The van der Waals surface area contributed by atoms with Crippen LogP contribution in [-0.4, -0.2) is 39.8 Å². The second-order valence-electron chi connectivity index (χ2n) is 7.25. The van der Waals surface area contributed by atoms with E-state index < -0.39 is 5.41 Å². The lowest BCUT2D eigenvalue weighted by Gasteiger charge is -2.36. The average Bonchev–Trinajstić information content (AvgIpc) is 3.08. The number of nitrogens with zero attached hydrogens (tertiary/aromatic N) is 3. The molecule has 0 bridgehead atoms. The normalized spacial score (nSPS) is 16.0. The molecule has 1 N–H and O–H groups in total. The highest BCUT2D eigenvalue weighted by atomic mass is 19.1. The van der Waals surface area contributed by atoms with E-state index in [4.69, 9.17) is 4.74 Å². The number of amides is 1. The molecule has 1 aliphatic rings. The molecule has 0 saturated carbocycles. The van der Waals surface area contributed by atoms with E-state index in [9.17, 15) is 14.0 Å². The van der Waals surface area contributed by atoms with Crippen LogP contribution < -0.4 is 11.0 Å². The molecule has 4 rings (SSSR count). The number of benzene rings is 1. The van der Waals surface area contributed by atoms with E-state index >= 15 is 0 Å². The fourth-order valence-corrected chi connectivity index (χ4v) is 3.85. The van der Waals surface area contributed by atoms with Crippen LogP contribution in [0.3, 0.4) is 0 Å². The number of hydrogen-bond donors (Lipinski definition) is 1. The summed E-state index contributed by atoms with van der Waals surface area (Å²) >= 11 is 0. The molecule has 2 aromatic heterocycles. The van der Waals surface area contributed by atoms with Crippen molar-refractivity contribution in [1.82, 2.24) is 19.5 Å². The number of carbonyl (C=O) groups is 1. The Labute approximate surface area is 167 Å². The molecular weight excluding hydrogens is 375 g/mol. The quantitative estimate of drug-likeness (QED) is 0.644. The summed E-state index contributed by atoms with van der Waals surface area (Å²) < 4.78 is 21.7. The Kier molecular flexibility index (Phi) is 5.44. The molecule has 0 atom stereocenters. The standard InChI is InChI=1S/C21H23FN4O3/c22-17-7-5-16(6-8-17)21(9-14-29-15-10-21)19(27)23-11-3-13-26-20(28)25-12-2-1-4-18(25)24-26/h1-2,4-8,12H,3,9-11,13-15H2,(H,23,27). The Morgan fingerprint density at radius 2 is 1.93 bits per heavy atom. The van der Waals surface area contributed by atoms with E-state index in [1.54, 1.807) is 30.5 Å². The first-order valence-corrected chi connectivity index (χ1v) is 9.76. The van der Waals surface area contributed by atoms with Crippen molar-refractivity contribution in [3.05, 3.63) is 70.5 Å². The van der Waals surface area contributed by atoms with Crippen molar-refractivity contribution in [2.24, 2.45) is 0 Å². The molecule has 152 valence electrons. The van der Waals surface area contributed by atoms with Crippen molar-refractivity contribution < 1.29 is 13.9 Å². The van der Waals surface area contributed by atoms with Gasteiger partial charge in [0.25, 0.3) is 0 Å². The number of nitrogens with one attached hydrogen (secondary N) is 1. The zero-order valence-electron chi connectivity index (χ0n) is 16.0. The first kappa shape index (κ1) is 19.3. The largest absolute Gasteiger partial charge is 0.381 e. The number of pyridine rings is 1. The van der Waals surface area contributed by atoms with Crippen molar-refractivity contribution in [3.8, 4) is 0 Å². The van der Waals surface area contributed by atoms with E-state index in [-0.39, 0.29) is 17.4 Å². The van der Waals surface area contributed by atoms with Crippen LogP contribution in [0.15, 0.2) is 53.5 Å². The summed E-state index contributed by atoms with van der Waals surface area (Å²) in [5.41, 5.74) is 0.487. The molecule has 1 aliphatic heterocycles. The molecule has 1 fully saturated rings. The maximum absolute atomic E-state index is 13.3. The minimum Gasteiger partial charge on any atom is -0.381 e. The van der Waals surface area contributed by atoms with Gasteiger partial charge >= 0.3 is 5.69 Å². The predicted octanol–water partition coefficient (Wildman–Crippen LogP) is 1.89. The molecule has 0 spiro atoms. The summed E-state index contributed by atoms with van der Waals surface area (Å²) in [5, 5.41) is 7.28.